The third-order valence-corrected chi connectivity index (χ3v) is 4.10. The smallest absolute Gasteiger partial charge is 0.409 e. The molecule has 1 aliphatic rings. The molecule has 0 saturated carbocycles. The minimum absolute atomic E-state index is 0.106. The lowest BCUT2D eigenvalue weighted by Crippen LogP contribution is -2.34. The molecule has 1 aromatic carbocycles. The van der Waals surface area contributed by atoms with Crippen LogP contribution in [-0.4, -0.2) is 36.5 Å². The molecule has 1 aromatic rings. The van der Waals surface area contributed by atoms with Gasteiger partial charge in [0.05, 0.1) is 10.6 Å². The van der Waals surface area contributed by atoms with Gasteiger partial charge in [0, 0.05) is 30.7 Å². The SMILES string of the molecule is CCN(CC)C(=O)Oc1cc(Cl)c2c(c1Cl)C(=O)NCC2. The summed E-state index contributed by atoms with van der Waals surface area (Å²) in [6.45, 7) is 5.25. The molecule has 0 fully saturated rings. The fourth-order valence-electron chi connectivity index (χ4n) is 2.23. The van der Waals surface area contributed by atoms with Crippen LogP contribution in [0, 0.1) is 0 Å². The Bertz CT molecular complexity index is 586. The molecule has 1 N–H and O–H groups in total. The fraction of sp³-hybridized carbons (Fsp3) is 0.429. The van der Waals surface area contributed by atoms with Crippen LogP contribution < -0.4 is 10.1 Å². The number of nitrogens with one attached hydrogen (secondary N) is 1. The van der Waals surface area contributed by atoms with Crippen LogP contribution in [0.4, 0.5) is 4.79 Å². The Hall–Kier alpha value is -1.46. The van der Waals surface area contributed by atoms with Gasteiger partial charge in [-0.05, 0) is 25.8 Å². The number of nitrogens with zero attached hydrogens (tertiary/aromatic N) is 1. The van der Waals surface area contributed by atoms with Crippen LogP contribution >= 0.6 is 23.2 Å². The summed E-state index contributed by atoms with van der Waals surface area (Å²) in [4.78, 5) is 25.4. The Balaban J connectivity index is 2.38. The summed E-state index contributed by atoms with van der Waals surface area (Å²) in [6, 6.07) is 1.49. The minimum Gasteiger partial charge on any atom is -0.409 e. The average Bonchev–Trinajstić information content (AvgIpc) is 2.45. The van der Waals surface area contributed by atoms with Gasteiger partial charge in [-0.1, -0.05) is 23.2 Å². The molecule has 0 atom stereocenters. The molecule has 21 heavy (non-hydrogen) atoms. The lowest BCUT2D eigenvalue weighted by molar-refractivity contribution is 0.0945. The van der Waals surface area contributed by atoms with Crippen molar-refractivity contribution in [3.05, 3.63) is 27.2 Å². The maximum atomic E-state index is 12.0. The van der Waals surface area contributed by atoms with Gasteiger partial charge in [-0.3, -0.25) is 4.79 Å². The summed E-state index contributed by atoms with van der Waals surface area (Å²) >= 11 is 12.4. The van der Waals surface area contributed by atoms with Crippen LogP contribution in [-0.2, 0) is 6.42 Å². The predicted octanol–water partition coefficient (Wildman–Crippen LogP) is 3.12. The first-order chi connectivity index (χ1) is 9.99. The molecule has 0 bridgehead atoms. The topological polar surface area (TPSA) is 58.6 Å². The number of halogens is 2. The largest absolute Gasteiger partial charge is 0.415 e. The maximum absolute atomic E-state index is 12.0. The number of benzene rings is 1. The lowest BCUT2D eigenvalue weighted by Gasteiger charge is -2.22. The van der Waals surface area contributed by atoms with E-state index in [-0.39, 0.29) is 22.2 Å². The number of carbonyl (C=O) groups is 2. The standard InChI is InChI=1S/C14H16Cl2N2O3/c1-3-18(4-2)14(20)21-10-7-9(15)8-5-6-17-13(19)11(8)12(10)16/h7H,3-6H2,1-2H3,(H,17,19). The van der Waals surface area contributed by atoms with Crippen LogP contribution in [0.5, 0.6) is 5.75 Å². The molecule has 0 radical (unpaired) electrons. The molecule has 114 valence electrons. The number of ether oxygens (including phenoxy) is 1. The van der Waals surface area contributed by atoms with Crippen molar-refractivity contribution in [2.45, 2.75) is 20.3 Å². The van der Waals surface area contributed by atoms with E-state index in [1.165, 1.54) is 11.0 Å². The van der Waals surface area contributed by atoms with Gasteiger partial charge in [0.25, 0.3) is 5.91 Å². The van der Waals surface area contributed by atoms with Crippen LogP contribution in [0.15, 0.2) is 6.07 Å². The summed E-state index contributed by atoms with van der Waals surface area (Å²) in [6.07, 6.45) is 0.0818. The molecule has 2 amide bonds. The van der Waals surface area contributed by atoms with Gasteiger partial charge in [0.15, 0.2) is 5.75 Å². The monoisotopic (exact) mass is 330 g/mol. The Morgan fingerprint density at radius 3 is 2.67 bits per heavy atom. The number of hydrogen-bond acceptors (Lipinski definition) is 3. The Morgan fingerprint density at radius 2 is 2.05 bits per heavy atom. The molecule has 7 heteroatoms. The first kappa shape index (κ1) is 15.9. The zero-order valence-electron chi connectivity index (χ0n) is 11.8. The zero-order chi connectivity index (χ0) is 15.6. The summed E-state index contributed by atoms with van der Waals surface area (Å²) in [5.74, 6) is -0.196. The fourth-order valence-corrected chi connectivity index (χ4v) is 2.81. The zero-order valence-corrected chi connectivity index (χ0v) is 13.3. The third-order valence-electron chi connectivity index (χ3n) is 3.39. The third kappa shape index (κ3) is 3.09. The minimum atomic E-state index is -0.519. The highest BCUT2D eigenvalue weighted by atomic mass is 35.5. The van der Waals surface area contributed by atoms with Crippen molar-refractivity contribution in [3.8, 4) is 5.75 Å². The van der Waals surface area contributed by atoms with Gasteiger partial charge >= 0.3 is 6.09 Å². The van der Waals surface area contributed by atoms with Gasteiger partial charge in [-0.25, -0.2) is 4.79 Å². The van der Waals surface area contributed by atoms with E-state index in [0.29, 0.717) is 36.6 Å². The average molecular weight is 331 g/mol. The molecular formula is C14H16Cl2N2O3. The highest BCUT2D eigenvalue weighted by Crippen LogP contribution is 2.37. The van der Waals surface area contributed by atoms with Crippen LogP contribution in [0.2, 0.25) is 10.0 Å². The Kier molecular flexibility index (Phi) is 4.96. The lowest BCUT2D eigenvalue weighted by atomic mass is 10.00. The van der Waals surface area contributed by atoms with Crippen molar-refractivity contribution in [1.29, 1.82) is 0 Å². The van der Waals surface area contributed by atoms with E-state index in [1.807, 2.05) is 13.8 Å². The molecule has 1 aliphatic heterocycles. The van der Waals surface area contributed by atoms with Gasteiger partial charge in [-0.2, -0.15) is 0 Å². The van der Waals surface area contributed by atoms with E-state index < -0.39 is 6.09 Å². The molecule has 0 aromatic heterocycles. The number of fused-ring (bicyclic) bond motifs is 1. The number of carbonyl (C=O) groups excluding carboxylic acids is 2. The van der Waals surface area contributed by atoms with Crippen molar-refractivity contribution in [1.82, 2.24) is 10.2 Å². The van der Waals surface area contributed by atoms with E-state index in [9.17, 15) is 9.59 Å². The van der Waals surface area contributed by atoms with Gasteiger partial charge in [-0.15, -0.1) is 0 Å². The highest BCUT2D eigenvalue weighted by Gasteiger charge is 2.26. The van der Waals surface area contributed by atoms with Crippen molar-refractivity contribution >= 4 is 35.2 Å². The van der Waals surface area contributed by atoms with Crippen molar-refractivity contribution in [2.75, 3.05) is 19.6 Å². The van der Waals surface area contributed by atoms with E-state index in [1.54, 1.807) is 0 Å². The Labute approximate surface area is 133 Å². The molecule has 0 saturated heterocycles. The van der Waals surface area contributed by atoms with Gasteiger partial charge < -0.3 is 15.0 Å². The van der Waals surface area contributed by atoms with Crippen molar-refractivity contribution in [2.24, 2.45) is 0 Å². The second-order valence-corrected chi connectivity index (χ2v) is 5.36. The van der Waals surface area contributed by atoms with Crippen LogP contribution in [0.3, 0.4) is 0 Å². The van der Waals surface area contributed by atoms with E-state index in [0.717, 1.165) is 0 Å². The molecular weight excluding hydrogens is 315 g/mol. The summed E-state index contributed by atoms with van der Waals surface area (Å²) < 4.78 is 5.27. The van der Waals surface area contributed by atoms with Crippen molar-refractivity contribution < 1.29 is 14.3 Å². The van der Waals surface area contributed by atoms with E-state index in [2.05, 4.69) is 5.32 Å². The second kappa shape index (κ2) is 6.54. The molecule has 0 aliphatic carbocycles. The molecule has 1 heterocycles. The quantitative estimate of drug-likeness (QED) is 0.926. The van der Waals surface area contributed by atoms with E-state index >= 15 is 0 Å². The van der Waals surface area contributed by atoms with Crippen LogP contribution in [0.1, 0.15) is 29.8 Å². The second-order valence-electron chi connectivity index (χ2n) is 4.57. The van der Waals surface area contributed by atoms with Crippen molar-refractivity contribution in [3.63, 3.8) is 0 Å². The highest BCUT2D eigenvalue weighted by molar-refractivity contribution is 6.38. The maximum Gasteiger partial charge on any atom is 0.415 e. The number of rotatable bonds is 3. The number of hydrogen-bond donors (Lipinski definition) is 1. The molecule has 0 unspecified atom stereocenters. The van der Waals surface area contributed by atoms with E-state index in [4.69, 9.17) is 27.9 Å². The summed E-state index contributed by atoms with van der Waals surface area (Å²) in [5.41, 5.74) is 0.978. The summed E-state index contributed by atoms with van der Waals surface area (Å²) in [7, 11) is 0. The first-order valence-corrected chi connectivity index (χ1v) is 7.51. The van der Waals surface area contributed by atoms with Gasteiger partial charge in [0.1, 0.15) is 0 Å². The normalized spacial score (nSPS) is 13.4. The first-order valence-electron chi connectivity index (χ1n) is 6.75. The molecule has 5 nitrogen and oxygen atoms in total. The van der Waals surface area contributed by atoms with Crippen LogP contribution in [0.25, 0.3) is 0 Å². The summed E-state index contributed by atoms with van der Waals surface area (Å²) in [5, 5.41) is 3.20. The molecule has 2 rings (SSSR count). The Morgan fingerprint density at radius 1 is 1.38 bits per heavy atom. The predicted molar refractivity (Wildman–Crippen MR) is 81.4 cm³/mol. The number of amides is 2. The van der Waals surface area contributed by atoms with Gasteiger partial charge in [0.2, 0.25) is 0 Å². The molecule has 0 spiro atoms.